The second-order valence-electron chi connectivity index (χ2n) is 11.8. The minimum absolute atomic E-state index is 0.0238. The number of fused-ring (bicyclic) bond motifs is 1. The summed E-state index contributed by atoms with van der Waals surface area (Å²) in [5.74, 6) is -0.0917. The van der Waals surface area contributed by atoms with E-state index >= 15 is 0 Å². The Morgan fingerprint density at radius 1 is 1.09 bits per heavy atom. The summed E-state index contributed by atoms with van der Waals surface area (Å²) in [5.41, 5.74) is -0.683. The first-order valence-electron chi connectivity index (χ1n) is 14.5. The number of halogens is 4. The van der Waals surface area contributed by atoms with Crippen LogP contribution in [0.4, 0.5) is 13.2 Å². The van der Waals surface area contributed by atoms with Crippen LogP contribution < -0.4 is 5.56 Å². The van der Waals surface area contributed by atoms with E-state index in [1.165, 1.54) is 23.2 Å². The van der Waals surface area contributed by atoms with Gasteiger partial charge in [-0.2, -0.15) is 13.2 Å². The van der Waals surface area contributed by atoms with Gasteiger partial charge >= 0.3 is 6.18 Å². The van der Waals surface area contributed by atoms with E-state index in [4.69, 9.17) is 0 Å². The van der Waals surface area contributed by atoms with Crippen LogP contribution in [0.3, 0.4) is 0 Å². The molecule has 1 N–H and O–H groups in total. The average molecular weight is 694 g/mol. The number of hydrogen-bond acceptors (Lipinski definition) is 7. The zero-order chi connectivity index (χ0) is 31.1. The Balaban J connectivity index is 1.12. The molecule has 2 fully saturated rings. The Morgan fingerprint density at radius 3 is 2.52 bits per heavy atom. The highest BCUT2D eigenvalue weighted by atomic mass is 79.9. The largest absolute Gasteiger partial charge is 0.406 e. The topological polar surface area (TPSA) is 96.5 Å². The first kappa shape index (κ1) is 30.9. The first-order valence-corrected chi connectivity index (χ1v) is 16.1. The van der Waals surface area contributed by atoms with Gasteiger partial charge in [0, 0.05) is 55.3 Å². The van der Waals surface area contributed by atoms with Crippen LogP contribution in [0.1, 0.15) is 35.6 Å². The van der Waals surface area contributed by atoms with Crippen molar-refractivity contribution in [3.8, 4) is 0 Å². The minimum Gasteiger partial charge on any atom is -0.388 e. The molecule has 9 nitrogen and oxygen atoms in total. The van der Waals surface area contributed by atoms with Crippen molar-refractivity contribution in [2.75, 3.05) is 26.2 Å². The molecule has 44 heavy (non-hydrogen) atoms. The number of hydrogen-bond donors (Lipinski definition) is 1. The van der Waals surface area contributed by atoms with Gasteiger partial charge in [0.2, 0.25) is 5.91 Å². The van der Waals surface area contributed by atoms with Gasteiger partial charge in [0.1, 0.15) is 18.5 Å². The molecule has 14 heteroatoms. The van der Waals surface area contributed by atoms with E-state index in [0.29, 0.717) is 19.5 Å². The third-order valence-corrected chi connectivity index (χ3v) is 10.2. The first-order chi connectivity index (χ1) is 21.0. The van der Waals surface area contributed by atoms with Crippen LogP contribution in [0.5, 0.6) is 0 Å². The smallest absolute Gasteiger partial charge is 0.388 e. The maximum Gasteiger partial charge on any atom is 0.406 e. The van der Waals surface area contributed by atoms with Gasteiger partial charge in [-0.1, -0.05) is 30.3 Å². The number of carbonyl (C=O) groups is 1. The highest BCUT2D eigenvalue weighted by Gasteiger charge is 2.41. The van der Waals surface area contributed by atoms with E-state index < -0.39 is 23.9 Å². The number of thiazole rings is 1. The van der Waals surface area contributed by atoms with Crippen molar-refractivity contribution >= 4 is 44.2 Å². The van der Waals surface area contributed by atoms with Gasteiger partial charge in [-0.05, 0) is 53.4 Å². The number of piperidine rings is 2. The molecule has 4 aromatic rings. The van der Waals surface area contributed by atoms with E-state index in [1.54, 1.807) is 11.3 Å². The van der Waals surface area contributed by atoms with Crippen molar-refractivity contribution < 1.29 is 23.1 Å². The van der Waals surface area contributed by atoms with Crippen molar-refractivity contribution in [2.24, 2.45) is 5.92 Å². The fourth-order valence-electron chi connectivity index (χ4n) is 6.47. The third-order valence-electron chi connectivity index (χ3n) is 8.71. The van der Waals surface area contributed by atoms with Crippen LogP contribution >= 0.6 is 27.3 Å². The highest BCUT2D eigenvalue weighted by molar-refractivity contribution is 9.11. The maximum atomic E-state index is 13.9. The SMILES string of the molecule is O=C([C@@H]1CCN(Cc2cnc(Br)s2)C[C@H]1c1ccccc1)N1CCC(O)(Cn2cnc3c(ccn3CC(F)(F)F)c2=O)CC1. The normalized spacial score (nSPS) is 21.2. The van der Waals surface area contributed by atoms with Gasteiger partial charge in [0.05, 0.1) is 17.5 Å². The molecule has 0 radical (unpaired) electrons. The Labute approximate surface area is 264 Å². The summed E-state index contributed by atoms with van der Waals surface area (Å²) >= 11 is 5.04. The molecule has 0 saturated carbocycles. The molecule has 1 aromatic carbocycles. The van der Waals surface area contributed by atoms with Crippen molar-refractivity contribution in [2.45, 2.75) is 56.6 Å². The van der Waals surface area contributed by atoms with Crippen LogP contribution in [-0.4, -0.2) is 77.9 Å². The summed E-state index contributed by atoms with van der Waals surface area (Å²) in [5, 5.41) is 11.5. The van der Waals surface area contributed by atoms with E-state index in [0.717, 1.165) is 38.6 Å². The van der Waals surface area contributed by atoms with Gasteiger partial charge in [-0.25, -0.2) is 9.97 Å². The highest BCUT2D eigenvalue weighted by Crippen LogP contribution is 2.36. The molecule has 2 atom stereocenters. The number of aliphatic hydroxyl groups is 1. The van der Waals surface area contributed by atoms with Crippen molar-refractivity contribution in [1.82, 2.24) is 28.9 Å². The van der Waals surface area contributed by atoms with E-state index in [9.17, 15) is 27.9 Å². The van der Waals surface area contributed by atoms with E-state index in [-0.39, 0.29) is 48.2 Å². The summed E-state index contributed by atoms with van der Waals surface area (Å²) in [6.07, 6.45) is 1.08. The van der Waals surface area contributed by atoms with Crippen LogP contribution in [0, 0.1) is 5.92 Å². The predicted molar refractivity (Wildman–Crippen MR) is 163 cm³/mol. The Kier molecular flexibility index (Phi) is 8.70. The van der Waals surface area contributed by atoms with Gasteiger partial charge in [0.15, 0.2) is 3.92 Å². The Hall–Kier alpha value is -3.07. The fourth-order valence-corrected chi connectivity index (χ4v) is 7.87. The second kappa shape index (κ2) is 12.4. The van der Waals surface area contributed by atoms with Crippen molar-refractivity contribution in [3.05, 3.63) is 79.8 Å². The minimum atomic E-state index is -4.44. The second-order valence-corrected chi connectivity index (χ2v) is 14.1. The molecular formula is C30H32BrF3N6O3S. The molecule has 2 saturated heterocycles. The zero-order valence-electron chi connectivity index (χ0n) is 23.8. The van der Waals surface area contributed by atoms with Gasteiger partial charge < -0.3 is 14.6 Å². The number of carbonyl (C=O) groups excluding carboxylic acids is 1. The summed E-state index contributed by atoms with van der Waals surface area (Å²) in [7, 11) is 0. The lowest BCUT2D eigenvalue weighted by molar-refractivity contribution is -0.142. The molecule has 0 aliphatic carbocycles. The number of alkyl halides is 3. The van der Waals surface area contributed by atoms with Crippen LogP contribution in [0.2, 0.25) is 0 Å². The molecule has 1 amide bonds. The molecule has 234 valence electrons. The molecule has 5 heterocycles. The molecule has 2 aliphatic rings. The van der Waals surface area contributed by atoms with Crippen LogP contribution in [0.25, 0.3) is 11.0 Å². The van der Waals surface area contributed by atoms with Gasteiger partial charge in [-0.15, -0.1) is 11.3 Å². The number of nitrogens with zero attached hydrogens (tertiary/aromatic N) is 6. The van der Waals surface area contributed by atoms with Crippen molar-refractivity contribution in [1.29, 1.82) is 0 Å². The number of amides is 1. The van der Waals surface area contributed by atoms with Crippen LogP contribution in [-0.2, 0) is 24.4 Å². The molecule has 6 rings (SSSR count). The zero-order valence-corrected chi connectivity index (χ0v) is 26.2. The lowest BCUT2D eigenvalue weighted by Gasteiger charge is -2.43. The number of likely N-dealkylation sites (tertiary alicyclic amines) is 2. The van der Waals surface area contributed by atoms with E-state index in [1.807, 2.05) is 29.3 Å². The Bertz CT molecular complexity index is 1680. The van der Waals surface area contributed by atoms with Crippen molar-refractivity contribution in [3.63, 3.8) is 0 Å². The maximum absolute atomic E-state index is 13.9. The molecule has 0 unspecified atom stereocenters. The molecule has 2 aliphatic heterocycles. The van der Waals surface area contributed by atoms with E-state index in [2.05, 4.69) is 42.9 Å². The lowest BCUT2D eigenvalue weighted by atomic mass is 9.79. The third kappa shape index (κ3) is 6.77. The summed E-state index contributed by atoms with van der Waals surface area (Å²) < 4.78 is 41.7. The summed E-state index contributed by atoms with van der Waals surface area (Å²) in [6, 6.07) is 11.4. The monoisotopic (exact) mass is 692 g/mol. The standard InChI is InChI=1S/C30H32BrF3N6O3S/c31-28-35-14-21(44-28)15-37-10-6-22(24(16-37)20-4-2-1-3-5-20)26(41)38-12-8-29(43,9-13-38)17-40-19-36-25-23(27(40)42)7-11-39(25)18-30(32,33)34/h1-5,7,11,14,19,22,24,43H,6,8-10,12-13,15-18H2/t22-,24+/m1/s1. The molecule has 0 spiro atoms. The summed E-state index contributed by atoms with van der Waals surface area (Å²) in [6.45, 7) is 1.70. The average Bonchev–Trinajstić information content (AvgIpc) is 3.59. The number of benzene rings is 1. The predicted octanol–water partition coefficient (Wildman–Crippen LogP) is 4.64. The van der Waals surface area contributed by atoms with Gasteiger partial charge in [0.25, 0.3) is 5.56 Å². The summed E-state index contributed by atoms with van der Waals surface area (Å²) in [4.78, 5) is 40.8. The molecule has 3 aromatic heterocycles. The Morgan fingerprint density at radius 2 is 1.84 bits per heavy atom. The fraction of sp³-hybridized carbons (Fsp3) is 0.467. The molecular weight excluding hydrogens is 661 g/mol. The quantitative estimate of drug-likeness (QED) is 0.303. The number of aromatic nitrogens is 4. The number of rotatable bonds is 7. The van der Waals surface area contributed by atoms with Gasteiger partial charge in [-0.3, -0.25) is 19.1 Å². The molecule has 0 bridgehead atoms. The van der Waals surface area contributed by atoms with Crippen LogP contribution in [0.15, 0.2) is 63.8 Å². The lowest BCUT2D eigenvalue weighted by Crippen LogP contribution is -2.53.